The van der Waals surface area contributed by atoms with Crippen LogP contribution < -0.4 is 0 Å². The third kappa shape index (κ3) is 45.3. The summed E-state index contributed by atoms with van der Waals surface area (Å²) < 4.78 is 16.6. The second-order valence-corrected chi connectivity index (χ2v) is 15.4. The van der Waals surface area contributed by atoms with Crippen LogP contribution in [-0.4, -0.2) is 37.2 Å². The molecule has 0 aliphatic rings. The van der Waals surface area contributed by atoms with Crippen LogP contribution in [0.25, 0.3) is 0 Å². The Labute approximate surface area is 362 Å². The zero-order valence-corrected chi connectivity index (χ0v) is 38.0. The molecular formula is C53H86O6. The van der Waals surface area contributed by atoms with Gasteiger partial charge in [0.15, 0.2) is 6.10 Å². The molecule has 6 nitrogen and oxygen atoms in total. The number of unbranched alkanes of at least 4 members (excludes halogenated alkanes) is 18. The van der Waals surface area contributed by atoms with Gasteiger partial charge in [-0.05, 0) is 83.5 Å². The Morgan fingerprint density at radius 1 is 0.373 bits per heavy atom. The van der Waals surface area contributed by atoms with Gasteiger partial charge in [-0.3, -0.25) is 14.4 Å². The molecule has 0 bridgehead atoms. The maximum atomic E-state index is 12.7. The van der Waals surface area contributed by atoms with Gasteiger partial charge in [0.05, 0.1) is 0 Å². The van der Waals surface area contributed by atoms with Gasteiger partial charge in [-0.15, -0.1) is 0 Å². The highest BCUT2D eigenvalue weighted by molar-refractivity contribution is 5.71. The minimum absolute atomic E-state index is 0.118. The number of hydrogen-bond acceptors (Lipinski definition) is 6. The third-order valence-electron chi connectivity index (χ3n) is 9.68. The van der Waals surface area contributed by atoms with E-state index in [9.17, 15) is 14.4 Å². The van der Waals surface area contributed by atoms with Gasteiger partial charge in [0.1, 0.15) is 13.2 Å². The highest BCUT2D eigenvalue weighted by Crippen LogP contribution is 2.12. The molecule has 0 amide bonds. The Morgan fingerprint density at radius 2 is 0.763 bits per heavy atom. The molecule has 0 aromatic heterocycles. The first-order valence-electron chi connectivity index (χ1n) is 23.8. The first-order chi connectivity index (χ1) is 29.0. The lowest BCUT2D eigenvalue weighted by Gasteiger charge is -2.18. The number of ether oxygens (including phenoxy) is 3. The van der Waals surface area contributed by atoms with E-state index < -0.39 is 6.10 Å². The lowest BCUT2D eigenvalue weighted by molar-refractivity contribution is -0.166. The number of carbonyl (C=O) groups is 3. The average Bonchev–Trinajstić information content (AvgIpc) is 3.23. The van der Waals surface area contributed by atoms with Crippen molar-refractivity contribution < 1.29 is 28.6 Å². The van der Waals surface area contributed by atoms with Crippen LogP contribution in [0.2, 0.25) is 0 Å². The van der Waals surface area contributed by atoms with Crippen LogP contribution >= 0.6 is 0 Å². The summed E-state index contributed by atoms with van der Waals surface area (Å²) in [6.07, 6.45) is 61.1. The van der Waals surface area contributed by atoms with Crippen LogP contribution in [0.15, 0.2) is 97.2 Å². The third-order valence-corrected chi connectivity index (χ3v) is 9.68. The molecule has 0 saturated heterocycles. The fourth-order valence-corrected chi connectivity index (χ4v) is 6.08. The summed E-state index contributed by atoms with van der Waals surface area (Å²) in [4.78, 5) is 37.8. The molecule has 334 valence electrons. The standard InChI is InChI=1S/C53H86O6/c1-4-7-10-13-16-19-22-25-26-29-31-34-37-40-43-46-52(55)58-49-50(59-53(56)47-44-41-38-35-32-28-24-21-18-15-12-9-6-3)48-57-51(54)45-42-39-36-33-30-27-23-20-17-14-11-8-5-2/h9,12,15-16,18-19,21-22,24-25,27-28,30,32,36,39,50H,4-8,10-11,13-14,17,20,23,26,29,31,33-35,37-38,40-49H2,1-3H3/b12-9+,18-15+,19-16+,24-21+,25-22+,30-27+,32-28+,39-36+. The number of carbonyl (C=O) groups excluding carboxylic acids is 3. The Morgan fingerprint density at radius 3 is 1.34 bits per heavy atom. The van der Waals surface area contributed by atoms with E-state index in [1.807, 2.05) is 42.5 Å². The molecule has 0 saturated carbocycles. The smallest absolute Gasteiger partial charge is 0.306 e. The Balaban J connectivity index is 4.55. The fraction of sp³-hybridized carbons (Fsp3) is 0.642. The van der Waals surface area contributed by atoms with Gasteiger partial charge in [-0.25, -0.2) is 0 Å². The summed E-state index contributed by atoms with van der Waals surface area (Å²) in [7, 11) is 0. The predicted octanol–water partition coefficient (Wildman–Crippen LogP) is 15.4. The lowest BCUT2D eigenvalue weighted by atomic mass is 10.1. The molecular weight excluding hydrogens is 733 g/mol. The second-order valence-electron chi connectivity index (χ2n) is 15.4. The molecule has 0 spiro atoms. The zero-order chi connectivity index (χ0) is 43.0. The van der Waals surface area contributed by atoms with Crippen molar-refractivity contribution in [3.05, 3.63) is 97.2 Å². The summed E-state index contributed by atoms with van der Waals surface area (Å²) in [5, 5.41) is 0. The van der Waals surface area contributed by atoms with Crippen molar-refractivity contribution in [3.63, 3.8) is 0 Å². The molecule has 0 N–H and O–H groups in total. The molecule has 1 unspecified atom stereocenters. The second kappa shape index (κ2) is 47.0. The SMILES string of the molecule is CC/C=C/C=C/C=C/C=C/CCCCCC(=O)OC(COC(=O)CC/C=C/C/C=C/CCCCCCCC)COC(=O)CCCCCCCC/C=C/C=C/CCCCC. The first kappa shape index (κ1) is 55.3. The molecule has 0 aromatic carbocycles. The summed E-state index contributed by atoms with van der Waals surface area (Å²) >= 11 is 0. The van der Waals surface area contributed by atoms with Crippen LogP contribution in [0.3, 0.4) is 0 Å². The van der Waals surface area contributed by atoms with Gasteiger partial charge in [-0.1, -0.05) is 195 Å². The van der Waals surface area contributed by atoms with Crippen molar-refractivity contribution in [1.29, 1.82) is 0 Å². The fourth-order valence-electron chi connectivity index (χ4n) is 6.08. The molecule has 0 heterocycles. The molecule has 0 fully saturated rings. The number of hydrogen-bond donors (Lipinski definition) is 0. The monoisotopic (exact) mass is 819 g/mol. The quantitative estimate of drug-likeness (QED) is 0.0201. The van der Waals surface area contributed by atoms with Crippen molar-refractivity contribution in [2.24, 2.45) is 0 Å². The minimum Gasteiger partial charge on any atom is -0.462 e. The van der Waals surface area contributed by atoms with E-state index in [1.165, 1.54) is 77.0 Å². The van der Waals surface area contributed by atoms with Crippen LogP contribution in [-0.2, 0) is 28.6 Å². The van der Waals surface area contributed by atoms with E-state index in [0.29, 0.717) is 19.3 Å². The van der Waals surface area contributed by atoms with Gasteiger partial charge in [-0.2, -0.15) is 0 Å². The Kier molecular flexibility index (Phi) is 44.1. The van der Waals surface area contributed by atoms with Gasteiger partial charge in [0, 0.05) is 19.3 Å². The van der Waals surface area contributed by atoms with Crippen LogP contribution in [0, 0.1) is 0 Å². The van der Waals surface area contributed by atoms with E-state index in [4.69, 9.17) is 14.2 Å². The minimum atomic E-state index is -0.824. The molecule has 1 atom stereocenters. The van der Waals surface area contributed by atoms with E-state index >= 15 is 0 Å². The van der Waals surface area contributed by atoms with E-state index in [0.717, 1.165) is 70.6 Å². The van der Waals surface area contributed by atoms with Gasteiger partial charge in [0.25, 0.3) is 0 Å². The number of rotatable bonds is 41. The van der Waals surface area contributed by atoms with Crippen molar-refractivity contribution in [1.82, 2.24) is 0 Å². The summed E-state index contributed by atoms with van der Waals surface area (Å²) in [6.45, 7) is 6.34. The predicted molar refractivity (Wildman–Crippen MR) is 251 cm³/mol. The van der Waals surface area contributed by atoms with E-state index in [-0.39, 0.29) is 44.0 Å². The van der Waals surface area contributed by atoms with Gasteiger partial charge < -0.3 is 14.2 Å². The van der Waals surface area contributed by atoms with Crippen LogP contribution in [0.5, 0.6) is 0 Å². The molecule has 0 aliphatic carbocycles. The highest BCUT2D eigenvalue weighted by Gasteiger charge is 2.19. The molecule has 0 rings (SSSR count). The summed E-state index contributed by atoms with van der Waals surface area (Å²) in [5.74, 6) is -1.05. The normalized spacial score (nSPS) is 12.9. The highest BCUT2D eigenvalue weighted by atomic mass is 16.6. The van der Waals surface area contributed by atoms with Crippen molar-refractivity contribution >= 4 is 17.9 Å². The maximum Gasteiger partial charge on any atom is 0.306 e. The molecule has 6 heteroatoms. The van der Waals surface area contributed by atoms with Crippen molar-refractivity contribution in [2.45, 2.75) is 207 Å². The van der Waals surface area contributed by atoms with Gasteiger partial charge in [0.2, 0.25) is 0 Å². The summed E-state index contributed by atoms with van der Waals surface area (Å²) in [6, 6.07) is 0. The van der Waals surface area contributed by atoms with Gasteiger partial charge >= 0.3 is 17.9 Å². The molecule has 0 aromatic rings. The number of allylic oxidation sites excluding steroid dienone is 16. The Bertz CT molecular complexity index is 1220. The largest absolute Gasteiger partial charge is 0.462 e. The molecule has 59 heavy (non-hydrogen) atoms. The van der Waals surface area contributed by atoms with E-state index in [2.05, 4.69) is 75.5 Å². The zero-order valence-electron chi connectivity index (χ0n) is 38.0. The number of esters is 3. The average molecular weight is 819 g/mol. The van der Waals surface area contributed by atoms with Crippen LogP contribution in [0.1, 0.15) is 201 Å². The Hall–Kier alpha value is -3.67. The van der Waals surface area contributed by atoms with Crippen LogP contribution in [0.4, 0.5) is 0 Å². The topological polar surface area (TPSA) is 78.9 Å². The molecule has 0 radical (unpaired) electrons. The lowest BCUT2D eigenvalue weighted by Crippen LogP contribution is -2.30. The first-order valence-corrected chi connectivity index (χ1v) is 23.8. The molecule has 0 aliphatic heterocycles. The maximum absolute atomic E-state index is 12.7. The summed E-state index contributed by atoms with van der Waals surface area (Å²) in [5.41, 5.74) is 0. The van der Waals surface area contributed by atoms with Crippen molar-refractivity contribution in [3.8, 4) is 0 Å². The van der Waals surface area contributed by atoms with Crippen molar-refractivity contribution in [2.75, 3.05) is 13.2 Å². The van der Waals surface area contributed by atoms with E-state index in [1.54, 1.807) is 0 Å².